The van der Waals surface area contributed by atoms with Gasteiger partial charge in [-0.25, -0.2) is 4.98 Å². The van der Waals surface area contributed by atoms with Crippen LogP contribution in [-0.4, -0.2) is 16.9 Å². The number of amides is 1. The number of aryl methyl sites for hydroxylation is 2. The number of hydrogen-bond acceptors (Lipinski definition) is 4. The van der Waals surface area contributed by atoms with E-state index in [1.807, 2.05) is 13.8 Å². The van der Waals surface area contributed by atoms with E-state index in [0.717, 1.165) is 43.5 Å². The van der Waals surface area contributed by atoms with Gasteiger partial charge in [0.05, 0.1) is 22.0 Å². The van der Waals surface area contributed by atoms with Crippen LogP contribution < -0.4 is 10.6 Å². The number of nitrogens with zero attached hydrogens (tertiary/aromatic N) is 1. The van der Waals surface area contributed by atoms with E-state index in [1.54, 1.807) is 0 Å². The minimum absolute atomic E-state index is 0.0852. The molecule has 1 aromatic carbocycles. The van der Waals surface area contributed by atoms with Gasteiger partial charge in [-0.15, -0.1) is 11.3 Å². The summed E-state index contributed by atoms with van der Waals surface area (Å²) in [5.74, 6) is -0.412. The van der Waals surface area contributed by atoms with Crippen LogP contribution in [0, 0.1) is 5.92 Å². The quantitative estimate of drug-likeness (QED) is 0.631. The zero-order chi connectivity index (χ0) is 20.5. The molecule has 0 spiro atoms. The van der Waals surface area contributed by atoms with Crippen LogP contribution in [0.15, 0.2) is 18.2 Å². The number of carbonyl (C=O) groups excluding carboxylic acids is 1. The molecule has 0 fully saturated rings. The fourth-order valence-electron chi connectivity index (χ4n) is 3.10. The first kappa shape index (κ1) is 20.9. The van der Waals surface area contributed by atoms with Gasteiger partial charge in [0, 0.05) is 4.88 Å². The second-order valence-electron chi connectivity index (χ2n) is 7.14. The summed E-state index contributed by atoms with van der Waals surface area (Å²) in [6.45, 7) is 3.70. The molecule has 0 aliphatic heterocycles. The van der Waals surface area contributed by atoms with Gasteiger partial charge in [-0.2, -0.15) is 13.2 Å². The summed E-state index contributed by atoms with van der Waals surface area (Å²) in [7, 11) is 0. The predicted molar refractivity (Wildman–Crippen MR) is 106 cm³/mol. The molecule has 1 aliphatic rings. The minimum atomic E-state index is -4.47. The molecule has 28 heavy (non-hydrogen) atoms. The van der Waals surface area contributed by atoms with Crippen LogP contribution in [0.4, 0.5) is 24.0 Å². The van der Waals surface area contributed by atoms with Crippen LogP contribution in [0.5, 0.6) is 0 Å². The van der Waals surface area contributed by atoms with E-state index in [0.29, 0.717) is 5.13 Å². The monoisotopic (exact) mass is 431 g/mol. The van der Waals surface area contributed by atoms with Gasteiger partial charge >= 0.3 is 6.18 Å². The molecule has 0 saturated carbocycles. The third-order valence-corrected chi connectivity index (χ3v) is 6.02. The summed E-state index contributed by atoms with van der Waals surface area (Å²) in [4.78, 5) is 18.5. The van der Waals surface area contributed by atoms with Gasteiger partial charge in [-0.1, -0.05) is 25.4 Å². The van der Waals surface area contributed by atoms with Gasteiger partial charge in [0.15, 0.2) is 5.13 Å². The molecule has 0 bridgehead atoms. The molecule has 1 aliphatic carbocycles. The van der Waals surface area contributed by atoms with Crippen LogP contribution >= 0.6 is 22.9 Å². The first-order valence-corrected chi connectivity index (χ1v) is 10.3. The van der Waals surface area contributed by atoms with Crippen molar-refractivity contribution in [3.8, 4) is 0 Å². The molecule has 152 valence electrons. The topological polar surface area (TPSA) is 54.0 Å². The molecule has 0 unspecified atom stereocenters. The van der Waals surface area contributed by atoms with E-state index in [-0.39, 0.29) is 22.5 Å². The molecule has 4 nitrogen and oxygen atoms in total. The van der Waals surface area contributed by atoms with Crippen molar-refractivity contribution < 1.29 is 18.0 Å². The Morgan fingerprint density at radius 2 is 1.96 bits per heavy atom. The normalized spacial score (nSPS) is 15.2. The number of rotatable bonds is 5. The van der Waals surface area contributed by atoms with Crippen LogP contribution in [0.25, 0.3) is 0 Å². The second kappa shape index (κ2) is 8.29. The molecule has 2 N–H and O–H groups in total. The second-order valence-corrected chi connectivity index (χ2v) is 8.63. The zero-order valence-electron chi connectivity index (χ0n) is 15.5. The highest BCUT2D eigenvalue weighted by Gasteiger charge is 2.31. The average Bonchev–Trinajstić information content (AvgIpc) is 3.01. The Bertz CT molecular complexity index is 843. The number of halogens is 4. The van der Waals surface area contributed by atoms with E-state index in [9.17, 15) is 18.0 Å². The lowest BCUT2D eigenvalue weighted by Crippen LogP contribution is -2.39. The van der Waals surface area contributed by atoms with Gasteiger partial charge in [-0.05, 0) is 49.8 Å². The van der Waals surface area contributed by atoms with Crippen LogP contribution in [0.1, 0.15) is 42.8 Å². The summed E-state index contributed by atoms with van der Waals surface area (Å²) >= 11 is 7.50. The van der Waals surface area contributed by atoms with Crippen molar-refractivity contribution in [2.24, 2.45) is 5.92 Å². The maximum Gasteiger partial charge on any atom is 0.416 e. The largest absolute Gasteiger partial charge is 0.416 e. The number of alkyl halides is 3. The van der Waals surface area contributed by atoms with E-state index in [4.69, 9.17) is 11.6 Å². The standard InChI is InChI=1S/C19H21ClF3N3OS/c1-10(2)16(24-13-8-7-11(9-12(13)20)19(21,22)23)17(27)26-18-25-14-5-3-4-6-15(14)28-18/h7-10,16,24H,3-6H2,1-2H3,(H,25,26,27)/t16-/m1/s1. The Kier molecular flexibility index (Phi) is 6.19. The molecule has 0 radical (unpaired) electrons. The van der Waals surface area contributed by atoms with Crippen molar-refractivity contribution in [3.63, 3.8) is 0 Å². The van der Waals surface area contributed by atoms with E-state index < -0.39 is 17.8 Å². The smallest absolute Gasteiger partial charge is 0.372 e. The number of fused-ring (bicyclic) bond motifs is 1. The summed E-state index contributed by atoms with van der Waals surface area (Å²) in [5.41, 5.74) is 0.496. The lowest BCUT2D eigenvalue weighted by molar-refractivity contribution is -0.137. The van der Waals surface area contributed by atoms with Gasteiger partial charge in [-0.3, -0.25) is 4.79 Å². The van der Waals surface area contributed by atoms with Crippen LogP contribution in [-0.2, 0) is 23.8 Å². The van der Waals surface area contributed by atoms with Gasteiger partial charge in [0.1, 0.15) is 6.04 Å². The van der Waals surface area contributed by atoms with Crippen molar-refractivity contribution in [1.29, 1.82) is 0 Å². The Morgan fingerprint density at radius 1 is 1.25 bits per heavy atom. The summed E-state index contributed by atoms with van der Waals surface area (Å²) in [6, 6.07) is 2.37. The zero-order valence-corrected chi connectivity index (χ0v) is 17.1. The molecular formula is C19H21ClF3N3OS. The first-order chi connectivity index (χ1) is 13.1. The molecule has 1 atom stereocenters. The molecule has 1 amide bonds. The maximum atomic E-state index is 12.8. The van der Waals surface area contributed by atoms with Crippen LogP contribution in [0.3, 0.4) is 0 Å². The molecule has 2 aromatic rings. The SMILES string of the molecule is CC(C)[C@@H](Nc1ccc(C(F)(F)F)cc1Cl)C(=O)Nc1nc2c(s1)CCCC2. The van der Waals surface area contributed by atoms with Crippen molar-refractivity contribution >= 4 is 39.7 Å². The first-order valence-electron chi connectivity index (χ1n) is 9.08. The van der Waals surface area contributed by atoms with E-state index >= 15 is 0 Å². The number of hydrogen-bond donors (Lipinski definition) is 2. The Morgan fingerprint density at radius 3 is 2.57 bits per heavy atom. The fourth-order valence-corrected chi connectivity index (χ4v) is 4.39. The number of aromatic nitrogens is 1. The molecule has 1 aromatic heterocycles. The highest BCUT2D eigenvalue weighted by Crippen LogP contribution is 2.34. The lowest BCUT2D eigenvalue weighted by atomic mass is 10.0. The molecule has 3 rings (SSSR count). The van der Waals surface area contributed by atoms with Crippen molar-refractivity contribution in [2.75, 3.05) is 10.6 Å². The lowest BCUT2D eigenvalue weighted by Gasteiger charge is -2.23. The molecular weight excluding hydrogens is 411 g/mol. The highest BCUT2D eigenvalue weighted by molar-refractivity contribution is 7.15. The number of thiazole rings is 1. The third kappa shape index (κ3) is 4.78. The highest BCUT2D eigenvalue weighted by atomic mass is 35.5. The van der Waals surface area contributed by atoms with Gasteiger partial charge < -0.3 is 10.6 Å². The number of anilines is 2. The minimum Gasteiger partial charge on any atom is -0.372 e. The van der Waals surface area contributed by atoms with Crippen molar-refractivity contribution in [2.45, 2.75) is 51.7 Å². The fraction of sp³-hybridized carbons (Fsp3) is 0.474. The number of carbonyl (C=O) groups is 1. The summed E-state index contributed by atoms with van der Waals surface area (Å²) in [6.07, 6.45) is -0.330. The molecule has 9 heteroatoms. The van der Waals surface area contributed by atoms with E-state index in [2.05, 4.69) is 15.6 Å². The Hall–Kier alpha value is -1.80. The van der Waals surface area contributed by atoms with E-state index in [1.165, 1.54) is 22.3 Å². The third-order valence-electron chi connectivity index (χ3n) is 4.63. The number of nitrogens with one attached hydrogen (secondary N) is 2. The van der Waals surface area contributed by atoms with Gasteiger partial charge in [0.25, 0.3) is 0 Å². The summed E-state index contributed by atoms with van der Waals surface area (Å²) in [5, 5.41) is 6.28. The van der Waals surface area contributed by atoms with Crippen molar-refractivity contribution in [3.05, 3.63) is 39.4 Å². The van der Waals surface area contributed by atoms with Gasteiger partial charge in [0.2, 0.25) is 5.91 Å². The predicted octanol–water partition coefficient (Wildman–Crippen LogP) is 5.77. The Balaban J connectivity index is 1.74. The molecule has 1 heterocycles. The Labute approximate surface area is 170 Å². The van der Waals surface area contributed by atoms with Crippen LogP contribution in [0.2, 0.25) is 5.02 Å². The summed E-state index contributed by atoms with van der Waals surface area (Å²) < 4.78 is 38.4. The average molecular weight is 432 g/mol. The molecule has 0 saturated heterocycles. The van der Waals surface area contributed by atoms with Crippen molar-refractivity contribution in [1.82, 2.24) is 4.98 Å². The number of benzene rings is 1. The maximum absolute atomic E-state index is 12.8.